The molecule has 21 heavy (non-hydrogen) atoms. The lowest BCUT2D eigenvalue weighted by Crippen LogP contribution is -2.12. The Morgan fingerprint density at radius 3 is 2.43 bits per heavy atom. The Bertz CT molecular complexity index is 598. The van der Waals surface area contributed by atoms with E-state index in [0.717, 1.165) is 0 Å². The van der Waals surface area contributed by atoms with Gasteiger partial charge in [0, 0.05) is 0 Å². The molecule has 0 saturated heterocycles. The first-order valence-corrected chi connectivity index (χ1v) is 8.24. The van der Waals surface area contributed by atoms with E-state index in [9.17, 15) is 0 Å². The Kier molecular flexibility index (Phi) is 4.40. The molecule has 3 rings (SSSR count). The minimum absolute atomic E-state index is 0.00359. The van der Waals surface area contributed by atoms with Crippen LogP contribution in [0.2, 0.25) is 0 Å². The van der Waals surface area contributed by atoms with Gasteiger partial charge in [-0.05, 0) is 59.9 Å². The molecule has 0 fully saturated rings. The number of rotatable bonds is 5. The number of fused-ring (bicyclic) bond motifs is 1. The number of hydrogen-bond donors (Lipinski definition) is 1. The summed E-state index contributed by atoms with van der Waals surface area (Å²) in [5.74, 6) is 0. The third-order valence-electron chi connectivity index (χ3n) is 4.64. The molecular weight excluding hydrogens is 254 g/mol. The lowest BCUT2D eigenvalue weighted by molar-refractivity contribution is 0.793. The van der Waals surface area contributed by atoms with E-state index in [4.69, 9.17) is 5.73 Å². The van der Waals surface area contributed by atoms with Crippen LogP contribution in [-0.4, -0.2) is 0 Å². The predicted molar refractivity (Wildman–Crippen MR) is 89.6 cm³/mol. The van der Waals surface area contributed by atoms with Crippen molar-refractivity contribution in [1.82, 2.24) is 0 Å². The number of benzene rings is 2. The van der Waals surface area contributed by atoms with E-state index in [1.807, 2.05) is 0 Å². The van der Waals surface area contributed by atoms with E-state index in [2.05, 4.69) is 49.4 Å². The second-order valence-corrected chi connectivity index (χ2v) is 6.20. The van der Waals surface area contributed by atoms with Gasteiger partial charge in [0.05, 0.1) is 6.04 Å². The van der Waals surface area contributed by atoms with Gasteiger partial charge in [-0.1, -0.05) is 55.8 Å². The molecule has 110 valence electrons. The molecular formula is C20H25N. The Labute approximate surface area is 128 Å². The summed E-state index contributed by atoms with van der Waals surface area (Å²) in [7, 11) is 0. The van der Waals surface area contributed by atoms with E-state index in [0.29, 0.717) is 0 Å². The van der Waals surface area contributed by atoms with Crippen LogP contribution in [0.25, 0.3) is 0 Å². The standard InChI is InChI=1S/C20H25N/c1-2-3-5-15-8-10-17(11-9-15)20(21)19-13-12-16-6-4-7-18(16)14-19/h8-14,20H,2-7,21H2,1H3. The van der Waals surface area contributed by atoms with Crippen LogP contribution in [-0.2, 0) is 19.3 Å². The van der Waals surface area contributed by atoms with Gasteiger partial charge in [-0.2, -0.15) is 0 Å². The van der Waals surface area contributed by atoms with Crippen LogP contribution in [0.4, 0.5) is 0 Å². The summed E-state index contributed by atoms with van der Waals surface area (Å²) in [4.78, 5) is 0. The Morgan fingerprint density at radius 1 is 0.952 bits per heavy atom. The number of hydrogen-bond acceptors (Lipinski definition) is 1. The lowest BCUT2D eigenvalue weighted by atomic mass is 9.95. The highest BCUT2D eigenvalue weighted by molar-refractivity contribution is 5.40. The maximum atomic E-state index is 6.46. The van der Waals surface area contributed by atoms with Gasteiger partial charge < -0.3 is 5.73 Å². The molecule has 0 aromatic heterocycles. The van der Waals surface area contributed by atoms with Crippen LogP contribution in [0, 0.1) is 0 Å². The highest BCUT2D eigenvalue weighted by Crippen LogP contribution is 2.27. The van der Waals surface area contributed by atoms with E-state index in [-0.39, 0.29) is 6.04 Å². The van der Waals surface area contributed by atoms with Crippen molar-refractivity contribution >= 4 is 0 Å². The summed E-state index contributed by atoms with van der Waals surface area (Å²) in [5.41, 5.74) is 13.4. The maximum absolute atomic E-state index is 6.46. The molecule has 0 spiro atoms. The second-order valence-electron chi connectivity index (χ2n) is 6.20. The van der Waals surface area contributed by atoms with Crippen LogP contribution in [0.15, 0.2) is 42.5 Å². The largest absolute Gasteiger partial charge is 0.320 e. The highest BCUT2D eigenvalue weighted by Gasteiger charge is 2.14. The fraction of sp³-hybridized carbons (Fsp3) is 0.400. The first-order valence-electron chi connectivity index (χ1n) is 8.24. The fourth-order valence-electron chi connectivity index (χ4n) is 3.25. The summed E-state index contributed by atoms with van der Waals surface area (Å²) in [5, 5.41) is 0. The lowest BCUT2D eigenvalue weighted by Gasteiger charge is -2.15. The topological polar surface area (TPSA) is 26.0 Å². The van der Waals surface area contributed by atoms with Crippen LogP contribution < -0.4 is 5.73 Å². The van der Waals surface area contributed by atoms with Gasteiger partial charge in [0.25, 0.3) is 0 Å². The maximum Gasteiger partial charge on any atom is 0.0551 e. The molecule has 1 unspecified atom stereocenters. The smallest absolute Gasteiger partial charge is 0.0551 e. The fourth-order valence-corrected chi connectivity index (χ4v) is 3.25. The number of unbranched alkanes of at least 4 members (excludes halogenated alkanes) is 1. The monoisotopic (exact) mass is 279 g/mol. The predicted octanol–water partition coefficient (Wildman–Crippen LogP) is 4.57. The average Bonchev–Trinajstić information content (AvgIpc) is 3.00. The van der Waals surface area contributed by atoms with Crippen LogP contribution >= 0.6 is 0 Å². The Morgan fingerprint density at radius 2 is 1.67 bits per heavy atom. The van der Waals surface area contributed by atoms with Crippen molar-refractivity contribution in [3.63, 3.8) is 0 Å². The summed E-state index contributed by atoms with van der Waals surface area (Å²) in [6, 6.07) is 15.7. The number of aryl methyl sites for hydroxylation is 3. The molecule has 1 heteroatoms. The Balaban J connectivity index is 1.76. The summed E-state index contributed by atoms with van der Waals surface area (Å²) < 4.78 is 0. The van der Waals surface area contributed by atoms with E-state index in [1.54, 1.807) is 0 Å². The van der Waals surface area contributed by atoms with E-state index >= 15 is 0 Å². The molecule has 1 atom stereocenters. The summed E-state index contributed by atoms with van der Waals surface area (Å²) in [6.07, 6.45) is 7.42. The third kappa shape index (κ3) is 3.19. The van der Waals surface area contributed by atoms with Gasteiger partial charge >= 0.3 is 0 Å². The van der Waals surface area contributed by atoms with Gasteiger partial charge in [-0.25, -0.2) is 0 Å². The van der Waals surface area contributed by atoms with E-state index in [1.165, 1.54) is 66.3 Å². The number of nitrogens with two attached hydrogens (primary N) is 1. The third-order valence-corrected chi connectivity index (χ3v) is 4.64. The van der Waals surface area contributed by atoms with E-state index < -0.39 is 0 Å². The molecule has 2 N–H and O–H groups in total. The van der Waals surface area contributed by atoms with Crippen molar-refractivity contribution in [1.29, 1.82) is 0 Å². The molecule has 1 aliphatic rings. The first-order chi connectivity index (χ1) is 10.3. The second kappa shape index (κ2) is 6.44. The molecule has 0 radical (unpaired) electrons. The van der Waals surface area contributed by atoms with Crippen LogP contribution in [0.1, 0.15) is 60.0 Å². The van der Waals surface area contributed by atoms with Gasteiger partial charge in [0.2, 0.25) is 0 Å². The van der Waals surface area contributed by atoms with Gasteiger partial charge in [0.1, 0.15) is 0 Å². The van der Waals surface area contributed by atoms with Crippen LogP contribution in [0.5, 0.6) is 0 Å². The van der Waals surface area contributed by atoms with Crippen molar-refractivity contribution in [2.45, 2.75) is 51.5 Å². The van der Waals surface area contributed by atoms with Crippen molar-refractivity contribution < 1.29 is 0 Å². The van der Waals surface area contributed by atoms with Crippen LogP contribution in [0.3, 0.4) is 0 Å². The van der Waals surface area contributed by atoms with Crippen molar-refractivity contribution in [2.24, 2.45) is 5.73 Å². The molecule has 1 nitrogen and oxygen atoms in total. The van der Waals surface area contributed by atoms with Crippen molar-refractivity contribution in [2.75, 3.05) is 0 Å². The summed E-state index contributed by atoms with van der Waals surface area (Å²) >= 11 is 0. The molecule has 2 aromatic rings. The molecule has 0 amide bonds. The zero-order valence-corrected chi connectivity index (χ0v) is 12.9. The minimum atomic E-state index is -0.00359. The zero-order chi connectivity index (χ0) is 14.7. The molecule has 0 bridgehead atoms. The van der Waals surface area contributed by atoms with Gasteiger partial charge in [-0.15, -0.1) is 0 Å². The van der Waals surface area contributed by atoms with Gasteiger partial charge in [-0.3, -0.25) is 0 Å². The van der Waals surface area contributed by atoms with Gasteiger partial charge in [0.15, 0.2) is 0 Å². The highest BCUT2D eigenvalue weighted by atomic mass is 14.6. The normalized spacial score (nSPS) is 15.0. The SMILES string of the molecule is CCCCc1ccc(C(N)c2ccc3c(c2)CCC3)cc1. The zero-order valence-electron chi connectivity index (χ0n) is 12.9. The molecule has 0 aliphatic heterocycles. The minimum Gasteiger partial charge on any atom is -0.320 e. The Hall–Kier alpha value is -1.60. The molecule has 0 saturated carbocycles. The molecule has 0 heterocycles. The molecule has 2 aromatic carbocycles. The quantitative estimate of drug-likeness (QED) is 0.852. The van der Waals surface area contributed by atoms with Crippen molar-refractivity contribution in [3.8, 4) is 0 Å². The summed E-state index contributed by atoms with van der Waals surface area (Å²) in [6.45, 7) is 2.23. The average molecular weight is 279 g/mol. The first kappa shape index (κ1) is 14.3. The molecule has 1 aliphatic carbocycles. The van der Waals surface area contributed by atoms with Crippen molar-refractivity contribution in [3.05, 3.63) is 70.3 Å².